The maximum absolute atomic E-state index is 9.46. The number of carbonyl (C=O) groups excluding carboxylic acids is 2. The van der Waals surface area contributed by atoms with Crippen LogP contribution in [0.1, 0.15) is 0 Å². The Bertz CT molecular complexity index is 69.2. The van der Waals surface area contributed by atoms with Gasteiger partial charge in [0.1, 0.15) is 11.9 Å². The Balaban J connectivity index is 3.23. The number of halogens is 1. The molecule has 3 nitrogen and oxygen atoms in total. The fraction of sp³-hybridized carbons (Fsp3) is 0. The molecule has 0 bridgehead atoms. The van der Waals surface area contributed by atoms with Crippen LogP contribution in [0, 0.1) is 0 Å². The van der Waals surface area contributed by atoms with Crippen LogP contribution < -0.4 is 0 Å². The number of aldehydes is 1. The molecule has 0 rings (SSSR count). The molecule has 0 fully saturated rings. The number of rotatable bonds is 1. The molecule has 6 heavy (non-hydrogen) atoms. The van der Waals surface area contributed by atoms with E-state index in [2.05, 4.69) is 16.2 Å². The van der Waals surface area contributed by atoms with Crippen molar-refractivity contribution in [3.8, 4) is 0 Å². The van der Waals surface area contributed by atoms with Crippen molar-refractivity contribution in [2.75, 3.05) is 0 Å². The van der Waals surface area contributed by atoms with E-state index >= 15 is 0 Å². The van der Waals surface area contributed by atoms with Crippen molar-refractivity contribution in [1.29, 1.82) is 0 Å². The van der Waals surface area contributed by atoms with Gasteiger partial charge in [0.25, 0.3) is 0 Å². The molecule has 0 aromatic carbocycles. The van der Waals surface area contributed by atoms with Gasteiger partial charge in [0.05, 0.1) is 0 Å². The second-order valence-corrected chi connectivity index (χ2v) is 0.668. The molecule has 0 aliphatic carbocycles. The normalized spacial score (nSPS) is 6.83. The zero-order valence-electron chi connectivity index (χ0n) is 2.68. The van der Waals surface area contributed by atoms with Crippen molar-refractivity contribution in [3.05, 3.63) is 0 Å². The van der Waals surface area contributed by atoms with Crippen LogP contribution in [0.15, 0.2) is 0 Å². The van der Waals surface area contributed by atoms with E-state index in [1.54, 1.807) is 0 Å². The Morgan fingerprint density at radius 3 is 2.33 bits per heavy atom. The minimum atomic E-state index is -1.07. The van der Waals surface area contributed by atoms with Crippen molar-refractivity contribution in [3.63, 3.8) is 0 Å². The van der Waals surface area contributed by atoms with E-state index in [9.17, 15) is 9.59 Å². The van der Waals surface area contributed by atoms with Gasteiger partial charge in [-0.1, -0.05) is 0 Å². The summed E-state index contributed by atoms with van der Waals surface area (Å²) in [6.07, 6.45) is -0.0208. The Morgan fingerprint density at radius 2 is 2.33 bits per heavy atom. The summed E-state index contributed by atoms with van der Waals surface area (Å²) in [6, 6.07) is 0. The first kappa shape index (κ1) is 5.43. The third-order valence-corrected chi connectivity index (χ3v) is 0.324. The summed E-state index contributed by atoms with van der Waals surface area (Å²) in [5.74, 6) is -1.07. The van der Waals surface area contributed by atoms with Gasteiger partial charge in [0.2, 0.25) is 6.29 Å². The fourth-order valence-corrected chi connectivity index (χ4v) is 0.0546. The molecule has 0 radical (unpaired) electrons. The van der Waals surface area contributed by atoms with Crippen molar-refractivity contribution in [2.45, 2.75) is 0 Å². The average molecular weight is 108 g/mol. The van der Waals surface area contributed by atoms with Crippen molar-refractivity contribution in [1.82, 2.24) is 0 Å². The summed E-state index contributed by atoms with van der Waals surface area (Å²) in [5, 5.41) is 0. The van der Waals surface area contributed by atoms with Crippen LogP contribution in [0.5, 0.6) is 0 Å². The summed E-state index contributed by atoms with van der Waals surface area (Å²) in [7, 11) is 0. The highest BCUT2D eigenvalue weighted by atomic mass is 35.5. The van der Waals surface area contributed by atoms with Crippen LogP contribution >= 0.6 is 11.9 Å². The van der Waals surface area contributed by atoms with Gasteiger partial charge in [-0.05, 0) is 0 Å². The lowest BCUT2D eigenvalue weighted by Gasteiger charge is -1.73. The molecule has 0 aliphatic rings. The Labute approximate surface area is 39.0 Å². The summed E-state index contributed by atoms with van der Waals surface area (Å²) >= 11 is 4.37. The molecule has 0 spiro atoms. The predicted octanol–water partition coefficient (Wildman–Crippen LogP) is -0.118. The third-order valence-electron chi connectivity index (χ3n) is 0.172. The standard InChI is InChI=1S/C2HClO3/c3-6-2(5)1-4/h1H. The van der Waals surface area contributed by atoms with Crippen LogP contribution in [0.3, 0.4) is 0 Å². The van der Waals surface area contributed by atoms with Gasteiger partial charge in [-0.2, -0.15) is 0 Å². The van der Waals surface area contributed by atoms with Gasteiger partial charge in [-0.3, -0.25) is 4.79 Å². The van der Waals surface area contributed by atoms with Gasteiger partial charge in [0.15, 0.2) is 0 Å². The zero-order valence-corrected chi connectivity index (χ0v) is 3.44. The van der Waals surface area contributed by atoms with Crippen LogP contribution in [0.2, 0.25) is 0 Å². The first-order chi connectivity index (χ1) is 2.81. The van der Waals surface area contributed by atoms with E-state index in [1.165, 1.54) is 0 Å². The van der Waals surface area contributed by atoms with Crippen molar-refractivity contribution in [2.24, 2.45) is 0 Å². The maximum Gasteiger partial charge on any atom is 0.389 e. The fourth-order valence-electron chi connectivity index (χ4n) is 0.0182. The summed E-state index contributed by atoms with van der Waals surface area (Å²) < 4.78 is 3.36. The summed E-state index contributed by atoms with van der Waals surface area (Å²) in [4.78, 5) is 18.6. The molecule has 4 heteroatoms. The lowest BCUT2D eigenvalue weighted by molar-refractivity contribution is -0.141. The molecular weight excluding hydrogens is 107 g/mol. The first-order valence-corrected chi connectivity index (χ1v) is 1.40. The number of hydrogen-bond donors (Lipinski definition) is 0. The zero-order chi connectivity index (χ0) is 4.99. The smallest absolute Gasteiger partial charge is 0.341 e. The van der Waals surface area contributed by atoms with E-state index in [4.69, 9.17) is 0 Å². The third kappa shape index (κ3) is 1.72. The molecule has 0 aromatic rings. The second kappa shape index (κ2) is 2.66. The molecule has 0 heterocycles. The average Bonchev–Trinajstić information content (AvgIpc) is 1.65. The van der Waals surface area contributed by atoms with E-state index in [0.717, 1.165) is 0 Å². The highest BCUT2D eigenvalue weighted by Gasteiger charge is 1.91. The van der Waals surface area contributed by atoms with Crippen molar-refractivity contribution >= 4 is 24.1 Å². The minimum Gasteiger partial charge on any atom is -0.341 e. The molecular formula is C2HClO3. The molecule has 0 atom stereocenters. The maximum atomic E-state index is 9.46. The molecule has 0 aromatic heterocycles. The van der Waals surface area contributed by atoms with E-state index in [0.29, 0.717) is 0 Å². The van der Waals surface area contributed by atoms with Crippen LogP contribution in [0.25, 0.3) is 0 Å². The lowest BCUT2D eigenvalue weighted by atomic mass is 10.8. The SMILES string of the molecule is O=CC(=O)OCl. The van der Waals surface area contributed by atoms with E-state index in [1.807, 2.05) is 0 Å². The first-order valence-electron chi connectivity index (χ1n) is 1.09. The molecule has 0 amide bonds. The van der Waals surface area contributed by atoms with Crippen LogP contribution in [-0.4, -0.2) is 12.3 Å². The molecule has 0 unspecified atom stereocenters. The minimum absolute atomic E-state index is 0.0208. The monoisotopic (exact) mass is 108 g/mol. The number of carbonyl (C=O) groups is 2. The van der Waals surface area contributed by atoms with E-state index in [-0.39, 0.29) is 6.29 Å². The summed E-state index contributed by atoms with van der Waals surface area (Å²) in [6.45, 7) is 0. The molecule has 34 valence electrons. The summed E-state index contributed by atoms with van der Waals surface area (Å²) in [5.41, 5.74) is 0. The Kier molecular flexibility index (Phi) is 2.40. The lowest BCUT2D eigenvalue weighted by Crippen LogP contribution is -1.94. The van der Waals surface area contributed by atoms with Gasteiger partial charge < -0.3 is 4.29 Å². The molecule has 0 saturated heterocycles. The van der Waals surface area contributed by atoms with E-state index < -0.39 is 5.97 Å². The molecule has 0 aliphatic heterocycles. The molecule has 0 saturated carbocycles. The largest absolute Gasteiger partial charge is 0.389 e. The van der Waals surface area contributed by atoms with Gasteiger partial charge in [-0.15, -0.1) is 0 Å². The Morgan fingerprint density at radius 1 is 1.83 bits per heavy atom. The quantitative estimate of drug-likeness (QED) is 0.348. The highest BCUT2D eigenvalue weighted by Crippen LogP contribution is 1.74. The predicted molar refractivity (Wildman–Crippen MR) is 18.0 cm³/mol. The van der Waals surface area contributed by atoms with Gasteiger partial charge in [0, 0.05) is 0 Å². The van der Waals surface area contributed by atoms with Crippen molar-refractivity contribution < 1.29 is 13.9 Å². The van der Waals surface area contributed by atoms with Gasteiger partial charge in [-0.25, -0.2) is 4.79 Å². The second-order valence-electron chi connectivity index (χ2n) is 0.514. The van der Waals surface area contributed by atoms with Crippen LogP contribution in [-0.2, 0) is 13.9 Å². The topological polar surface area (TPSA) is 43.4 Å². The molecule has 0 N–H and O–H groups in total. The Hall–Kier alpha value is -0.570. The number of hydrogen-bond acceptors (Lipinski definition) is 3. The van der Waals surface area contributed by atoms with Gasteiger partial charge >= 0.3 is 5.97 Å². The van der Waals surface area contributed by atoms with Crippen LogP contribution in [0.4, 0.5) is 0 Å². The highest BCUT2D eigenvalue weighted by molar-refractivity contribution is 6.28.